The highest BCUT2D eigenvalue weighted by Gasteiger charge is 2.33. The van der Waals surface area contributed by atoms with E-state index in [0.717, 1.165) is 24.4 Å². The zero-order chi connectivity index (χ0) is 53.6. The van der Waals surface area contributed by atoms with E-state index in [-0.39, 0.29) is 40.8 Å². The van der Waals surface area contributed by atoms with Gasteiger partial charge in [0, 0.05) is 25.5 Å². The lowest BCUT2D eigenvalue weighted by molar-refractivity contribution is -0.108. The highest BCUT2D eigenvalue weighted by atomic mass is 16.5. The van der Waals surface area contributed by atoms with Crippen LogP contribution in [0.25, 0.3) is 0 Å². The monoisotopic (exact) mass is 1000 g/mol. The molecule has 0 aliphatic heterocycles. The fourth-order valence-corrected chi connectivity index (χ4v) is 7.63. The van der Waals surface area contributed by atoms with Gasteiger partial charge >= 0.3 is 0 Å². The Balaban J connectivity index is 0.000000809. The van der Waals surface area contributed by atoms with Gasteiger partial charge in [-0.05, 0) is 215 Å². The van der Waals surface area contributed by atoms with E-state index < -0.39 is 0 Å². The highest BCUT2D eigenvalue weighted by Crippen LogP contribution is 2.44. The molecule has 5 saturated carbocycles. The zero-order valence-electron chi connectivity index (χ0n) is 50.2. The van der Waals surface area contributed by atoms with Gasteiger partial charge in [0.2, 0.25) is 5.88 Å². The van der Waals surface area contributed by atoms with E-state index in [1.165, 1.54) is 95.5 Å². The predicted octanol–water partition coefficient (Wildman–Crippen LogP) is 17.4. The molecule has 7 rings (SSSR count). The largest absolute Gasteiger partial charge is 0.475 e. The normalized spacial score (nSPS) is 19.6. The van der Waals surface area contributed by atoms with E-state index in [1.807, 2.05) is 56.9 Å². The first-order chi connectivity index (χ1) is 31.9. The molecule has 0 saturated heterocycles. The molecular formula is C62H119N3O6. The minimum atomic E-state index is -0.104. The van der Waals surface area contributed by atoms with Crippen LogP contribution in [0, 0.1) is 23.2 Å². The Bertz CT molecular complexity index is 1590. The van der Waals surface area contributed by atoms with Crippen molar-refractivity contribution in [3.05, 3.63) is 42.4 Å². The average molecular weight is 1000 g/mol. The maximum atomic E-state index is 5.80. The van der Waals surface area contributed by atoms with Crippen LogP contribution in [-0.2, 0) is 36.1 Å². The first-order valence-corrected chi connectivity index (χ1v) is 27.7. The van der Waals surface area contributed by atoms with Crippen molar-refractivity contribution < 1.29 is 28.4 Å². The van der Waals surface area contributed by atoms with Crippen LogP contribution in [0.1, 0.15) is 255 Å². The van der Waals surface area contributed by atoms with Gasteiger partial charge in [0.1, 0.15) is 6.61 Å². The number of aromatic nitrogens is 3. The third kappa shape index (κ3) is 40.0. The molecule has 5 aliphatic rings. The summed E-state index contributed by atoms with van der Waals surface area (Å²) < 4.78 is 35.5. The van der Waals surface area contributed by atoms with Gasteiger partial charge in [-0.1, -0.05) is 81.2 Å². The highest BCUT2D eigenvalue weighted by molar-refractivity contribution is 5.14. The van der Waals surface area contributed by atoms with Crippen LogP contribution >= 0.6 is 0 Å². The average Bonchev–Trinajstić information content (AvgIpc) is 3.74. The molecule has 0 unspecified atom stereocenters. The molecule has 0 atom stereocenters. The summed E-state index contributed by atoms with van der Waals surface area (Å²) in [6, 6.07) is 5.59. The van der Waals surface area contributed by atoms with Crippen LogP contribution in [0.2, 0.25) is 0 Å². The Kier molecular flexibility index (Phi) is 30.8. The maximum Gasteiger partial charge on any atom is 0.213 e. The summed E-state index contributed by atoms with van der Waals surface area (Å²) in [6.07, 6.45) is 26.2. The van der Waals surface area contributed by atoms with Crippen molar-refractivity contribution in [2.24, 2.45) is 30.2 Å². The zero-order valence-corrected chi connectivity index (χ0v) is 50.2. The van der Waals surface area contributed by atoms with Crippen molar-refractivity contribution in [1.82, 2.24) is 14.8 Å². The molecular weight excluding hydrogens is 883 g/mol. The molecule has 2 aromatic heterocycles. The summed E-state index contributed by atoms with van der Waals surface area (Å²) in [5, 5.41) is 4.10. The molecule has 0 N–H and O–H groups in total. The fraction of sp³-hybridized carbons (Fsp3) is 0.871. The van der Waals surface area contributed by atoms with E-state index >= 15 is 0 Å². The topological polar surface area (TPSA) is 86.1 Å². The second-order valence-electron chi connectivity index (χ2n) is 27.8. The minimum absolute atomic E-state index is 0. The van der Waals surface area contributed by atoms with Crippen LogP contribution in [0.4, 0.5) is 0 Å². The smallest absolute Gasteiger partial charge is 0.213 e. The van der Waals surface area contributed by atoms with Crippen molar-refractivity contribution in [3.63, 3.8) is 0 Å². The van der Waals surface area contributed by atoms with Crippen LogP contribution in [0.5, 0.6) is 5.88 Å². The summed E-state index contributed by atoms with van der Waals surface area (Å²) in [6.45, 7) is 49.4. The van der Waals surface area contributed by atoms with Gasteiger partial charge in [-0.3, -0.25) is 4.68 Å². The van der Waals surface area contributed by atoms with Crippen molar-refractivity contribution in [2.45, 2.75) is 301 Å². The second kappa shape index (κ2) is 31.8. The molecule has 5 aliphatic carbocycles. The number of rotatable bonds is 9. The minimum Gasteiger partial charge on any atom is -0.475 e. The SMILES string of the molecule is C.CC(C)(C)C1CC1.CC(C)(C)OC1CCC1.CC(C)(C)OC1CCCC1.CC(C)(C)OCC1CCC1.CC(C)(C)OCCOc1ccccn1.CC1CC(OC(C)(C)C)C1.Cn1cc(C(C)(C)C)cn1. The van der Waals surface area contributed by atoms with E-state index in [2.05, 4.69) is 148 Å². The first kappa shape index (κ1) is 69.0. The van der Waals surface area contributed by atoms with Crippen molar-refractivity contribution in [3.8, 4) is 5.88 Å². The van der Waals surface area contributed by atoms with E-state index in [1.54, 1.807) is 6.20 Å². The molecule has 2 heterocycles. The molecule has 2 aromatic rings. The lowest BCUT2D eigenvalue weighted by Gasteiger charge is -2.37. The van der Waals surface area contributed by atoms with Crippen molar-refractivity contribution >= 4 is 0 Å². The van der Waals surface area contributed by atoms with Gasteiger partial charge in [-0.2, -0.15) is 5.10 Å². The molecule has 418 valence electrons. The maximum absolute atomic E-state index is 5.80. The third-order valence-electron chi connectivity index (χ3n) is 12.1. The number of hydrogen-bond acceptors (Lipinski definition) is 8. The Morgan fingerprint density at radius 3 is 1.30 bits per heavy atom. The number of nitrogens with zero attached hydrogens (tertiary/aromatic N) is 3. The first-order valence-electron chi connectivity index (χ1n) is 27.7. The lowest BCUT2D eigenvalue weighted by atomic mass is 9.83. The summed E-state index contributed by atoms with van der Waals surface area (Å²) in [5.74, 6) is 3.46. The van der Waals surface area contributed by atoms with Crippen LogP contribution in [0.15, 0.2) is 36.8 Å². The molecule has 0 radical (unpaired) electrons. The summed E-state index contributed by atoms with van der Waals surface area (Å²) in [7, 11) is 1.94. The molecule has 0 amide bonds. The van der Waals surface area contributed by atoms with Crippen LogP contribution in [-0.4, -0.2) is 80.9 Å². The van der Waals surface area contributed by atoms with Gasteiger partial charge in [0.15, 0.2) is 0 Å². The van der Waals surface area contributed by atoms with Gasteiger partial charge in [0.25, 0.3) is 0 Å². The van der Waals surface area contributed by atoms with Crippen molar-refractivity contribution in [1.29, 1.82) is 0 Å². The summed E-state index contributed by atoms with van der Waals surface area (Å²) in [4.78, 5) is 4.03. The Morgan fingerprint density at radius 2 is 1.01 bits per heavy atom. The van der Waals surface area contributed by atoms with Gasteiger partial charge in [-0.15, -0.1) is 0 Å². The van der Waals surface area contributed by atoms with Crippen molar-refractivity contribution in [2.75, 3.05) is 19.8 Å². The predicted molar refractivity (Wildman–Crippen MR) is 304 cm³/mol. The van der Waals surface area contributed by atoms with Crippen LogP contribution < -0.4 is 4.74 Å². The molecule has 71 heavy (non-hydrogen) atoms. The van der Waals surface area contributed by atoms with E-state index in [0.29, 0.717) is 42.8 Å². The van der Waals surface area contributed by atoms with E-state index in [4.69, 9.17) is 28.4 Å². The standard InChI is InChI=1S/C11H17NO2.3C9H18O.C8H14N2.C8H16O.C7H14.CH4/c1-11(2,3)14-9-8-13-10-6-4-5-7-12-10;1-7-5-8(6-7)10-9(2,3)4;1-9(2,3)10-7-8-5-4-6-8;1-9(2,3)10-8-6-4-5-7-8;1-8(2,3)7-5-9-10(4)6-7;1-8(2,3)9-7-5-4-6-7;1-7(2,3)6-4-5-6;/h4-7H,8-9H2,1-3H3;7-8H,5-6H2,1-4H3;2*8H,4-7H2,1-3H3;5-6H,1-4H3;7H,4-6H2,1-3H3;6H,4-5H2,1-3H3;1H4. The number of pyridine rings is 1. The lowest BCUT2D eigenvalue weighted by Crippen LogP contribution is -2.36. The number of ether oxygens (including phenoxy) is 6. The van der Waals surface area contributed by atoms with Crippen LogP contribution in [0.3, 0.4) is 0 Å². The fourth-order valence-electron chi connectivity index (χ4n) is 7.63. The van der Waals surface area contributed by atoms with Gasteiger partial charge in [0.05, 0.1) is 65.7 Å². The molecule has 0 spiro atoms. The third-order valence-corrected chi connectivity index (χ3v) is 12.1. The quantitative estimate of drug-likeness (QED) is 0.230. The van der Waals surface area contributed by atoms with E-state index in [9.17, 15) is 0 Å². The number of aryl methyl sites for hydroxylation is 1. The molecule has 0 aromatic carbocycles. The summed E-state index contributed by atoms with van der Waals surface area (Å²) in [5.41, 5.74) is 2.29. The van der Waals surface area contributed by atoms with Gasteiger partial charge < -0.3 is 28.4 Å². The Hall–Kier alpha value is -2.04. The molecule has 9 nitrogen and oxygen atoms in total. The number of hydrogen-bond donors (Lipinski definition) is 0. The molecule has 5 fully saturated rings. The van der Waals surface area contributed by atoms with Gasteiger partial charge in [-0.25, -0.2) is 4.98 Å². The Morgan fingerprint density at radius 1 is 0.549 bits per heavy atom. The Labute approximate surface area is 441 Å². The molecule has 0 bridgehead atoms. The molecule has 9 heteroatoms. The summed E-state index contributed by atoms with van der Waals surface area (Å²) >= 11 is 0. The second-order valence-corrected chi connectivity index (χ2v) is 27.8.